The second-order valence-electron chi connectivity index (χ2n) is 6.58. The summed E-state index contributed by atoms with van der Waals surface area (Å²) in [7, 11) is 0. The molecule has 0 radical (unpaired) electrons. The van der Waals surface area contributed by atoms with Crippen LogP contribution in [-0.4, -0.2) is 23.2 Å². The first kappa shape index (κ1) is 17.4. The maximum Gasteiger partial charge on any atom is 0.233 e. The molecule has 122 valence electrons. The third-order valence-corrected chi connectivity index (χ3v) is 5.87. The van der Waals surface area contributed by atoms with Crippen molar-refractivity contribution in [2.75, 3.05) is 0 Å². The Morgan fingerprint density at radius 1 is 1.23 bits per heavy atom. The number of carbonyl (C=O) groups excluding carboxylic acids is 1. The van der Waals surface area contributed by atoms with Gasteiger partial charge in [0.25, 0.3) is 0 Å². The van der Waals surface area contributed by atoms with Crippen molar-refractivity contribution in [1.29, 1.82) is 0 Å². The molecule has 1 aliphatic carbocycles. The molecule has 3 nitrogen and oxygen atoms in total. The average molecular weight is 321 g/mol. The molecule has 4 heteroatoms. The van der Waals surface area contributed by atoms with E-state index in [0.29, 0.717) is 18.0 Å². The van der Waals surface area contributed by atoms with Crippen LogP contribution in [-0.2, 0) is 10.5 Å². The van der Waals surface area contributed by atoms with Crippen LogP contribution in [0.5, 0.6) is 0 Å². The van der Waals surface area contributed by atoms with E-state index in [1.54, 1.807) is 11.8 Å². The van der Waals surface area contributed by atoms with Crippen LogP contribution in [0.1, 0.15) is 45.1 Å². The van der Waals surface area contributed by atoms with Gasteiger partial charge in [0.2, 0.25) is 5.91 Å². The third-order valence-electron chi connectivity index (χ3n) is 4.25. The van der Waals surface area contributed by atoms with Crippen LogP contribution in [0.15, 0.2) is 30.3 Å². The molecule has 1 aromatic rings. The number of amides is 1. The molecule has 0 bridgehead atoms. The highest BCUT2D eigenvalue weighted by atomic mass is 32.2. The number of thioether (sulfide) groups is 1. The monoisotopic (exact) mass is 320 g/mol. The molecule has 1 amide bonds. The minimum Gasteiger partial charge on any atom is -0.352 e. The van der Waals surface area contributed by atoms with E-state index in [-0.39, 0.29) is 11.2 Å². The van der Waals surface area contributed by atoms with E-state index >= 15 is 0 Å². The molecule has 22 heavy (non-hydrogen) atoms. The summed E-state index contributed by atoms with van der Waals surface area (Å²) in [6.45, 7) is 4.25. The van der Waals surface area contributed by atoms with Crippen LogP contribution in [0.4, 0.5) is 0 Å². The Balaban J connectivity index is 1.85. The van der Waals surface area contributed by atoms with Crippen molar-refractivity contribution in [3.8, 4) is 0 Å². The lowest BCUT2D eigenvalue weighted by molar-refractivity contribution is -0.122. The molecular weight excluding hydrogens is 292 g/mol. The lowest BCUT2D eigenvalue weighted by Gasteiger charge is -2.29. The molecule has 0 aliphatic heterocycles. The minimum atomic E-state index is 0.0100. The molecule has 1 aromatic carbocycles. The van der Waals surface area contributed by atoms with Crippen LogP contribution in [0.3, 0.4) is 0 Å². The van der Waals surface area contributed by atoms with Crippen LogP contribution in [0, 0.1) is 5.92 Å². The smallest absolute Gasteiger partial charge is 0.233 e. The molecule has 2 rings (SSSR count). The average Bonchev–Trinajstić information content (AvgIpc) is 2.50. The fourth-order valence-corrected chi connectivity index (χ4v) is 4.05. The van der Waals surface area contributed by atoms with Gasteiger partial charge in [-0.25, -0.2) is 0 Å². The molecule has 0 aromatic heterocycles. The van der Waals surface area contributed by atoms with E-state index in [1.165, 1.54) is 5.56 Å². The van der Waals surface area contributed by atoms with E-state index in [1.807, 2.05) is 18.2 Å². The van der Waals surface area contributed by atoms with Gasteiger partial charge in [0, 0.05) is 17.8 Å². The molecule has 0 saturated heterocycles. The fourth-order valence-electron chi connectivity index (χ4n) is 2.88. The highest BCUT2D eigenvalue weighted by Crippen LogP contribution is 2.25. The van der Waals surface area contributed by atoms with Crippen LogP contribution >= 0.6 is 11.8 Å². The molecule has 1 unspecified atom stereocenters. The van der Waals surface area contributed by atoms with Crippen molar-refractivity contribution in [3.63, 3.8) is 0 Å². The second-order valence-corrected chi connectivity index (χ2v) is 7.71. The van der Waals surface area contributed by atoms with Crippen molar-refractivity contribution in [2.45, 2.75) is 62.6 Å². The quantitative estimate of drug-likeness (QED) is 0.845. The molecule has 1 atom stereocenters. The summed E-state index contributed by atoms with van der Waals surface area (Å²) in [4.78, 5) is 12.6. The van der Waals surface area contributed by atoms with Gasteiger partial charge in [0.05, 0.1) is 5.25 Å². The molecule has 1 fully saturated rings. The first-order valence-electron chi connectivity index (χ1n) is 8.27. The summed E-state index contributed by atoms with van der Waals surface area (Å²) in [5.41, 5.74) is 7.20. The number of benzene rings is 1. The Labute approximate surface area is 138 Å². The number of nitrogens with one attached hydrogen (secondary N) is 1. The SMILES string of the molecule is CC(C)C(SCc1ccccc1)C(=O)NC1CCC(N)CC1. The predicted molar refractivity (Wildman–Crippen MR) is 94.7 cm³/mol. The topological polar surface area (TPSA) is 55.1 Å². The van der Waals surface area contributed by atoms with Gasteiger partial charge in [-0.2, -0.15) is 0 Å². The highest BCUT2D eigenvalue weighted by molar-refractivity contribution is 7.99. The Morgan fingerprint density at radius 3 is 2.45 bits per heavy atom. The molecule has 1 saturated carbocycles. The summed E-state index contributed by atoms with van der Waals surface area (Å²) in [5.74, 6) is 1.41. The minimum absolute atomic E-state index is 0.0100. The van der Waals surface area contributed by atoms with Gasteiger partial charge in [0.15, 0.2) is 0 Å². The fraction of sp³-hybridized carbons (Fsp3) is 0.611. The zero-order valence-electron chi connectivity index (χ0n) is 13.6. The first-order chi connectivity index (χ1) is 10.6. The lowest BCUT2D eigenvalue weighted by Crippen LogP contribution is -2.45. The summed E-state index contributed by atoms with van der Waals surface area (Å²) in [5, 5.41) is 3.25. The zero-order valence-corrected chi connectivity index (χ0v) is 14.4. The van der Waals surface area contributed by atoms with Gasteiger partial charge in [-0.1, -0.05) is 44.2 Å². The van der Waals surface area contributed by atoms with Crippen LogP contribution in [0.25, 0.3) is 0 Å². The van der Waals surface area contributed by atoms with Crippen molar-refractivity contribution in [1.82, 2.24) is 5.32 Å². The number of hydrogen-bond acceptors (Lipinski definition) is 3. The van der Waals surface area contributed by atoms with Crippen molar-refractivity contribution >= 4 is 17.7 Å². The third kappa shape index (κ3) is 5.33. The van der Waals surface area contributed by atoms with E-state index in [2.05, 4.69) is 31.3 Å². The summed E-state index contributed by atoms with van der Waals surface area (Å²) in [6.07, 6.45) is 4.07. The van der Waals surface area contributed by atoms with E-state index in [9.17, 15) is 4.79 Å². The number of carbonyl (C=O) groups is 1. The van der Waals surface area contributed by atoms with Gasteiger partial charge < -0.3 is 11.1 Å². The summed E-state index contributed by atoms with van der Waals surface area (Å²) in [6, 6.07) is 11.0. The van der Waals surface area contributed by atoms with Crippen LogP contribution in [0.2, 0.25) is 0 Å². The maximum atomic E-state index is 12.6. The lowest BCUT2D eigenvalue weighted by atomic mass is 9.91. The summed E-state index contributed by atoms with van der Waals surface area (Å²) < 4.78 is 0. The Kier molecular flexibility index (Phi) is 6.77. The van der Waals surface area contributed by atoms with E-state index in [4.69, 9.17) is 5.73 Å². The second kappa shape index (κ2) is 8.59. The maximum absolute atomic E-state index is 12.6. The number of nitrogens with two attached hydrogens (primary N) is 1. The Morgan fingerprint density at radius 2 is 1.86 bits per heavy atom. The van der Waals surface area contributed by atoms with E-state index in [0.717, 1.165) is 31.4 Å². The van der Waals surface area contributed by atoms with Gasteiger partial charge >= 0.3 is 0 Å². The standard InChI is InChI=1S/C18H28N2OS/c1-13(2)17(22-12-14-6-4-3-5-7-14)18(21)20-16-10-8-15(19)9-11-16/h3-7,13,15-17H,8-12,19H2,1-2H3,(H,20,21). The van der Waals surface area contributed by atoms with Crippen molar-refractivity contribution < 1.29 is 4.79 Å². The first-order valence-corrected chi connectivity index (χ1v) is 9.32. The predicted octanol–water partition coefficient (Wildman–Crippen LogP) is 3.33. The number of hydrogen-bond donors (Lipinski definition) is 2. The molecule has 3 N–H and O–H groups in total. The van der Waals surface area contributed by atoms with Gasteiger partial charge in [-0.3, -0.25) is 4.79 Å². The Hall–Kier alpha value is -1.00. The molecule has 0 heterocycles. The van der Waals surface area contributed by atoms with Crippen LogP contribution < -0.4 is 11.1 Å². The zero-order chi connectivity index (χ0) is 15.9. The van der Waals surface area contributed by atoms with Crippen molar-refractivity contribution in [3.05, 3.63) is 35.9 Å². The largest absolute Gasteiger partial charge is 0.352 e. The van der Waals surface area contributed by atoms with E-state index < -0.39 is 0 Å². The van der Waals surface area contributed by atoms with Gasteiger partial charge in [-0.15, -0.1) is 11.8 Å². The molecule has 0 spiro atoms. The normalized spacial score (nSPS) is 23.3. The Bertz CT molecular complexity index is 455. The molecule has 1 aliphatic rings. The highest BCUT2D eigenvalue weighted by Gasteiger charge is 2.26. The van der Waals surface area contributed by atoms with Crippen molar-refractivity contribution in [2.24, 2.45) is 11.7 Å². The summed E-state index contributed by atoms with van der Waals surface area (Å²) >= 11 is 1.74. The molecular formula is C18H28N2OS. The van der Waals surface area contributed by atoms with Gasteiger partial charge in [0.1, 0.15) is 0 Å². The van der Waals surface area contributed by atoms with Gasteiger partial charge in [-0.05, 0) is 37.2 Å². The number of rotatable bonds is 6.